The molecule has 1 unspecified atom stereocenters. The fraction of sp³-hybridized carbons (Fsp3) is 0.909. The molecule has 0 N–H and O–H groups in total. The number of rotatable bonds is 4. The summed E-state index contributed by atoms with van der Waals surface area (Å²) in [6, 6.07) is 0. The lowest BCUT2D eigenvalue weighted by Gasteiger charge is -2.32. The molecular formula is C11H12F10O2. The zero-order chi connectivity index (χ0) is 19.1. The summed E-state index contributed by atoms with van der Waals surface area (Å²) in [5.74, 6) is -19.1. The summed E-state index contributed by atoms with van der Waals surface area (Å²) in [4.78, 5) is 11.3. The summed E-state index contributed by atoms with van der Waals surface area (Å²) < 4.78 is 129. The maximum absolute atomic E-state index is 13.1. The number of carbonyl (C=O) groups excluding carboxylic acids is 1. The van der Waals surface area contributed by atoms with Crippen molar-refractivity contribution in [1.29, 1.82) is 0 Å². The minimum Gasteiger partial charge on any atom is -0.459 e. The van der Waals surface area contributed by atoms with E-state index in [0.29, 0.717) is 0 Å². The number of esters is 1. The fourth-order valence-corrected chi connectivity index (χ4v) is 1.30. The molecule has 0 saturated heterocycles. The van der Waals surface area contributed by atoms with Gasteiger partial charge >= 0.3 is 30.2 Å². The molecule has 0 bridgehead atoms. The van der Waals surface area contributed by atoms with Crippen molar-refractivity contribution in [1.82, 2.24) is 0 Å². The van der Waals surface area contributed by atoms with Crippen LogP contribution in [-0.2, 0) is 9.53 Å². The highest BCUT2D eigenvalue weighted by Gasteiger charge is 2.74. The van der Waals surface area contributed by atoms with Gasteiger partial charge in [0.2, 0.25) is 0 Å². The molecule has 0 aromatic rings. The zero-order valence-corrected chi connectivity index (χ0v) is 11.9. The number of hydrogen-bond acceptors (Lipinski definition) is 2. The van der Waals surface area contributed by atoms with Crippen LogP contribution in [0.15, 0.2) is 0 Å². The van der Waals surface area contributed by atoms with Gasteiger partial charge in [0, 0.05) is 6.42 Å². The summed E-state index contributed by atoms with van der Waals surface area (Å²) in [5, 5.41) is 0. The molecule has 0 aromatic carbocycles. The van der Waals surface area contributed by atoms with Crippen LogP contribution in [-0.4, -0.2) is 35.8 Å². The zero-order valence-electron chi connectivity index (χ0n) is 11.9. The molecule has 2 nitrogen and oxygen atoms in total. The van der Waals surface area contributed by atoms with Crippen LogP contribution in [0, 0.1) is 5.92 Å². The first-order valence-electron chi connectivity index (χ1n) is 5.84. The maximum atomic E-state index is 13.1. The van der Waals surface area contributed by atoms with E-state index in [4.69, 9.17) is 0 Å². The second kappa shape index (κ2) is 6.00. The van der Waals surface area contributed by atoms with E-state index in [1.54, 1.807) is 0 Å². The van der Waals surface area contributed by atoms with Crippen LogP contribution in [0.5, 0.6) is 0 Å². The van der Waals surface area contributed by atoms with E-state index in [9.17, 15) is 48.7 Å². The predicted molar refractivity (Wildman–Crippen MR) is 56.0 cm³/mol. The molecule has 0 fully saturated rings. The Kier molecular flexibility index (Phi) is 5.68. The molecule has 12 heteroatoms. The quantitative estimate of drug-likeness (QED) is 0.531. The van der Waals surface area contributed by atoms with Crippen molar-refractivity contribution in [3.63, 3.8) is 0 Å². The van der Waals surface area contributed by atoms with E-state index in [2.05, 4.69) is 4.74 Å². The Bertz CT molecular complexity index is 430. The van der Waals surface area contributed by atoms with Gasteiger partial charge in [-0.05, 0) is 20.8 Å². The van der Waals surface area contributed by atoms with Crippen LogP contribution in [0.3, 0.4) is 0 Å². The molecule has 0 aliphatic rings. The lowest BCUT2D eigenvalue weighted by atomic mass is 9.95. The maximum Gasteiger partial charge on any atom is 0.459 e. The van der Waals surface area contributed by atoms with E-state index in [1.165, 1.54) is 0 Å². The summed E-state index contributed by atoms with van der Waals surface area (Å²) in [6.45, 7) is 3.17. The SMILES string of the molecule is CC(C)(C)OC(=O)C(CC(F)(F)C(F)(F)C(F)(F)F)C(F)(F)F. The first-order valence-corrected chi connectivity index (χ1v) is 5.84. The van der Waals surface area contributed by atoms with E-state index >= 15 is 0 Å². The van der Waals surface area contributed by atoms with Gasteiger partial charge in [0.05, 0.1) is 0 Å². The number of ether oxygens (including phenoxy) is 1. The molecule has 23 heavy (non-hydrogen) atoms. The molecular weight excluding hydrogens is 354 g/mol. The summed E-state index contributed by atoms with van der Waals surface area (Å²) >= 11 is 0. The lowest BCUT2D eigenvalue weighted by molar-refractivity contribution is -0.361. The Morgan fingerprint density at radius 3 is 1.52 bits per heavy atom. The molecule has 0 heterocycles. The molecule has 0 aliphatic carbocycles. The average Bonchev–Trinajstić information content (AvgIpc) is 2.19. The number of hydrogen-bond donors (Lipinski definition) is 0. The molecule has 0 radical (unpaired) electrons. The Labute approximate surface area is 123 Å². The second-order valence-corrected chi connectivity index (χ2v) is 5.61. The van der Waals surface area contributed by atoms with Gasteiger partial charge in [-0.1, -0.05) is 0 Å². The third-order valence-electron chi connectivity index (χ3n) is 2.36. The van der Waals surface area contributed by atoms with Crippen LogP contribution in [0.4, 0.5) is 43.9 Å². The number of carbonyl (C=O) groups is 1. The van der Waals surface area contributed by atoms with Crippen molar-refractivity contribution in [3.8, 4) is 0 Å². The highest BCUT2D eigenvalue weighted by Crippen LogP contribution is 2.50. The van der Waals surface area contributed by atoms with Gasteiger partial charge in [-0.15, -0.1) is 0 Å². The summed E-state index contributed by atoms with van der Waals surface area (Å²) in [5.41, 5.74) is -1.59. The van der Waals surface area contributed by atoms with Crippen molar-refractivity contribution < 1.29 is 53.4 Å². The van der Waals surface area contributed by atoms with Gasteiger partial charge in [0.1, 0.15) is 5.60 Å². The van der Waals surface area contributed by atoms with Crippen molar-refractivity contribution in [2.24, 2.45) is 5.92 Å². The lowest BCUT2D eigenvalue weighted by Crippen LogP contribution is -2.54. The molecule has 0 aliphatic heterocycles. The van der Waals surface area contributed by atoms with Gasteiger partial charge in [-0.25, -0.2) is 0 Å². The summed E-state index contributed by atoms with van der Waals surface area (Å²) in [6.07, 6.45) is -15.7. The normalized spacial score (nSPS) is 16.2. The van der Waals surface area contributed by atoms with Crippen molar-refractivity contribution in [2.75, 3.05) is 0 Å². The van der Waals surface area contributed by atoms with Gasteiger partial charge < -0.3 is 4.74 Å². The van der Waals surface area contributed by atoms with Crippen LogP contribution >= 0.6 is 0 Å². The Hall–Kier alpha value is -1.23. The highest BCUT2D eigenvalue weighted by atomic mass is 19.4. The number of alkyl halides is 10. The molecule has 1 atom stereocenters. The Morgan fingerprint density at radius 1 is 0.870 bits per heavy atom. The van der Waals surface area contributed by atoms with Crippen LogP contribution in [0.25, 0.3) is 0 Å². The van der Waals surface area contributed by atoms with E-state index < -0.39 is 48.1 Å². The van der Waals surface area contributed by atoms with E-state index in [-0.39, 0.29) is 0 Å². The monoisotopic (exact) mass is 366 g/mol. The predicted octanol–water partition coefficient (Wildman–Crippen LogP) is 4.73. The minimum atomic E-state index is -6.79. The summed E-state index contributed by atoms with van der Waals surface area (Å²) in [7, 11) is 0. The first kappa shape index (κ1) is 21.8. The van der Waals surface area contributed by atoms with Crippen LogP contribution in [0.1, 0.15) is 27.2 Å². The van der Waals surface area contributed by atoms with Crippen LogP contribution in [0.2, 0.25) is 0 Å². The third-order valence-corrected chi connectivity index (χ3v) is 2.36. The molecule has 0 amide bonds. The standard InChI is InChI=1S/C11H12F10O2/c1-7(2,3)23-6(22)5(9(14,15)16)4-8(12,13)10(17,18)11(19,20)21/h5H,4H2,1-3H3. The number of halogens is 10. The van der Waals surface area contributed by atoms with Crippen molar-refractivity contribution >= 4 is 5.97 Å². The third kappa shape index (κ3) is 5.41. The van der Waals surface area contributed by atoms with Gasteiger partial charge in [0.15, 0.2) is 5.92 Å². The molecule has 0 rings (SSSR count). The Morgan fingerprint density at radius 2 is 1.26 bits per heavy atom. The van der Waals surface area contributed by atoms with Crippen molar-refractivity contribution in [2.45, 2.75) is 57.0 Å². The first-order chi connectivity index (χ1) is 9.72. The second-order valence-electron chi connectivity index (χ2n) is 5.61. The molecule has 0 aromatic heterocycles. The molecule has 138 valence electrons. The van der Waals surface area contributed by atoms with E-state index in [1.807, 2.05) is 0 Å². The minimum absolute atomic E-state index is 1.06. The van der Waals surface area contributed by atoms with Crippen molar-refractivity contribution in [3.05, 3.63) is 0 Å². The van der Waals surface area contributed by atoms with Gasteiger partial charge in [-0.3, -0.25) is 4.79 Å². The topological polar surface area (TPSA) is 26.3 Å². The van der Waals surface area contributed by atoms with Gasteiger partial charge in [0.25, 0.3) is 0 Å². The average molecular weight is 366 g/mol. The highest BCUT2D eigenvalue weighted by molar-refractivity contribution is 5.74. The molecule has 0 saturated carbocycles. The molecule has 0 spiro atoms. The smallest absolute Gasteiger partial charge is 0.459 e. The van der Waals surface area contributed by atoms with Crippen LogP contribution < -0.4 is 0 Å². The largest absolute Gasteiger partial charge is 0.459 e. The van der Waals surface area contributed by atoms with E-state index in [0.717, 1.165) is 20.8 Å². The van der Waals surface area contributed by atoms with Gasteiger partial charge in [-0.2, -0.15) is 43.9 Å². The fourth-order valence-electron chi connectivity index (χ4n) is 1.30. The Balaban J connectivity index is 5.62.